The van der Waals surface area contributed by atoms with Crippen LogP contribution in [0.4, 0.5) is 0 Å². The van der Waals surface area contributed by atoms with Crippen molar-refractivity contribution in [3.63, 3.8) is 0 Å². The lowest BCUT2D eigenvalue weighted by molar-refractivity contribution is 0.0950. The van der Waals surface area contributed by atoms with Crippen molar-refractivity contribution in [3.8, 4) is 17.0 Å². The van der Waals surface area contributed by atoms with Gasteiger partial charge in [-0.15, -0.1) is 0 Å². The molecule has 0 unspecified atom stereocenters. The number of benzene rings is 2. The van der Waals surface area contributed by atoms with Crippen molar-refractivity contribution in [2.75, 3.05) is 7.11 Å². The lowest BCUT2D eigenvalue weighted by Gasteiger charge is -2.00. The average molecular weight is 425 g/mol. The minimum Gasteiger partial charge on any atom is -0.497 e. The topological polar surface area (TPSA) is 79.4 Å². The third kappa shape index (κ3) is 5.15. The minimum absolute atomic E-state index is 0.313. The molecule has 1 amide bonds. The van der Waals surface area contributed by atoms with E-state index in [0.717, 1.165) is 21.4 Å². The Kier molecular flexibility index (Phi) is 6.17. The minimum atomic E-state index is -0.382. The van der Waals surface area contributed by atoms with Crippen molar-refractivity contribution < 1.29 is 9.53 Å². The summed E-state index contributed by atoms with van der Waals surface area (Å²) in [6, 6.07) is 18.9. The van der Waals surface area contributed by atoms with Gasteiger partial charge in [-0.25, -0.2) is 5.43 Å². The van der Waals surface area contributed by atoms with Crippen LogP contribution in [0.1, 0.15) is 16.1 Å². The maximum atomic E-state index is 12.2. The number of allylic oxidation sites excluding steroid dienone is 1. The summed E-state index contributed by atoms with van der Waals surface area (Å²) >= 11 is 3.40. The normalized spacial score (nSPS) is 11.6. The fraction of sp³-hybridized carbons (Fsp3) is 0.0500. The summed E-state index contributed by atoms with van der Waals surface area (Å²) in [6.07, 6.45) is 3.41. The first-order valence-corrected chi connectivity index (χ1v) is 8.90. The van der Waals surface area contributed by atoms with Gasteiger partial charge in [-0.2, -0.15) is 10.2 Å². The van der Waals surface area contributed by atoms with Gasteiger partial charge in [0.15, 0.2) is 0 Å². The molecule has 0 aliphatic carbocycles. The van der Waals surface area contributed by atoms with Crippen LogP contribution >= 0.6 is 15.9 Å². The maximum absolute atomic E-state index is 12.2. The SMILES string of the molecule is COc1cccc(-c2cc(C(=O)NN=CC(Br)=Cc3ccccc3)[nH]n2)c1. The molecule has 0 radical (unpaired) electrons. The van der Waals surface area contributed by atoms with Gasteiger partial charge < -0.3 is 4.74 Å². The predicted molar refractivity (Wildman–Crippen MR) is 110 cm³/mol. The van der Waals surface area contributed by atoms with Crippen molar-refractivity contribution in [2.24, 2.45) is 5.10 Å². The highest BCUT2D eigenvalue weighted by Crippen LogP contribution is 2.22. The van der Waals surface area contributed by atoms with E-state index in [2.05, 4.69) is 36.7 Å². The van der Waals surface area contributed by atoms with Crippen molar-refractivity contribution in [2.45, 2.75) is 0 Å². The molecule has 0 saturated carbocycles. The third-order valence-corrected chi connectivity index (χ3v) is 4.08. The van der Waals surface area contributed by atoms with Crippen LogP contribution in [0.15, 0.2) is 70.2 Å². The first kappa shape index (κ1) is 18.6. The maximum Gasteiger partial charge on any atom is 0.289 e. The molecule has 0 aliphatic rings. The van der Waals surface area contributed by atoms with Crippen LogP contribution in [0.2, 0.25) is 0 Å². The van der Waals surface area contributed by atoms with Gasteiger partial charge in [-0.3, -0.25) is 9.89 Å². The summed E-state index contributed by atoms with van der Waals surface area (Å²) in [5, 5.41) is 10.8. The van der Waals surface area contributed by atoms with Crippen LogP contribution in [0.5, 0.6) is 5.75 Å². The zero-order valence-corrected chi connectivity index (χ0v) is 16.1. The van der Waals surface area contributed by atoms with Gasteiger partial charge in [0, 0.05) is 10.0 Å². The lowest BCUT2D eigenvalue weighted by atomic mass is 10.1. The van der Waals surface area contributed by atoms with Crippen molar-refractivity contribution in [1.29, 1.82) is 0 Å². The molecule has 7 heteroatoms. The first-order chi connectivity index (χ1) is 13.2. The van der Waals surface area contributed by atoms with Crippen LogP contribution in [-0.2, 0) is 0 Å². The standard InChI is InChI=1S/C20H17BrN4O2/c1-27-17-9-5-8-15(11-17)18-12-19(24-23-18)20(26)25-22-13-16(21)10-14-6-3-2-4-7-14/h2-13H,1H3,(H,23,24)(H,25,26). The highest BCUT2D eigenvalue weighted by molar-refractivity contribution is 9.12. The van der Waals surface area contributed by atoms with E-state index in [4.69, 9.17) is 4.74 Å². The van der Waals surface area contributed by atoms with Gasteiger partial charge in [-0.1, -0.05) is 42.5 Å². The summed E-state index contributed by atoms with van der Waals surface area (Å²) in [4.78, 5) is 12.2. The molecule has 27 heavy (non-hydrogen) atoms. The van der Waals surface area contributed by atoms with E-state index < -0.39 is 0 Å². The molecule has 0 atom stereocenters. The van der Waals surface area contributed by atoms with Gasteiger partial charge in [0.1, 0.15) is 11.4 Å². The number of rotatable bonds is 6. The number of amides is 1. The van der Waals surface area contributed by atoms with E-state index in [1.54, 1.807) is 13.2 Å². The molecule has 0 bridgehead atoms. The van der Waals surface area contributed by atoms with Crippen LogP contribution in [-0.4, -0.2) is 29.4 Å². The third-order valence-electron chi connectivity index (χ3n) is 3.65. The summed E-state index contributed by atoms with van der Waals surface area (Å²) in [5.41, 5.74) is 5.30. The fourth-order valence-electron chi connectivity index (χ4n) is 2.33. The lowest BCUT2D eigenvalue weighted by Crippen LogP contribution is -2.17. The summed E-state index contributed by atoms with van der Waals surface area (Å²) in [7, 11) is 1.60. The summed E-state index contributed by atoms with van der Waals surface area (Å²) < 4.78 is 5.93. The Morgan fingerprint density at radius 1 is 1.19 bits per heavy atom. The molecule has 1 aromatic heterocycles. The van der Waals surface area contributed by atoms with Gasteiger partial charge in [-0.05, 0) is 45.8 Å². The number of ether oxygens (including phenoxy) is 1. The smallest absolute Gasteiger partial charge is 0.289 e. The molecule has 3 rings (SSSR count). The number of aromatic nitrogens is 2. The number of hydrazone groups is 1. The van der Waals surface area contributed by atoms with Crippen molar-refractivity contribution in [1.82, 2.24) is 15.6 Å². The monoisotopic (exact) mass is 424 g/mol. The number of halogens is 1. The van der Waals surface area contributed by atoms with Crippen LogP contribution < -0.4 is 10.2 Å². The van der Waals surface area contributed by atoms with E-state index in [-0.39, 0.29) is 5.91 Å². The van der Waals surface area contributed by atoms with E-state index in [0.29, 0.717) is 11.4 Å². The van der Waals surface area contributed by atoms with Crippen LogP contribution in [0.25, 0.3) is 17.3 Å². The Morgan fingerprint density at radius 3 is 2.78 bits per heavy atom. The number of hydrogen-bond acceptors (Lipinski definition) is 4. The zero-order valence-electron chi connectivity index (χ0n) is 14.5. The van der Waals surface area contributed by atoms with Crippen LogP contribution in [0, 0.1) is 0 Å². The van der Waals surface area contributed by atoms with Gasteiger partial charge in [0.25, 0.3) is 5.91 Å². The van der Waals surface area contributed by atoms with E-state index in [9.17, 15) is 4.79 Å². The highest BCUT2D eigenvalue weighted by atomic mass is 79.9. The number of carbonyl (C=O) groups excluding carboxylic acids is 1. The molecule has 2 N–H and O–H groups in total. The van der Waals surface area contributed by atoms with Gasteiger partial charge in [0.2, 0.25) is 0 Å². The Balaban J connectivity index is 1.63. The largest absolute Gasteiger partial charge is 0.497 e. The molecule has 2 aromatic carbocycles. The van der Waals surface area contributed by atoms with Crippen molar-refractivity contribution in [3.05, 3.63) is 76.4 Å². The molecule has 6 nitrogen and oxygen atoms in total. The Bertz CT molecular complexity index is 980. The van der Waals surface area contributed by atoms with E-state index >= 15 is 0 Å². The number of nitrogens with one attached hydrogen (secondary N) is 2. The van der Waals surface area contributed by atoms with E-state index in [1.807, 2.05) is 60.7 Å². The molecule has 0 saturated heterocycles. The molecular weight excluding hydrogens is 408 g/mol. The molecule has 3 aromatic rings. The molecule has 1 heterocycles. The van der Waals surface area contributed by atoms with Crippen LogP contribution in [0.3, 0.4) is 0 Å². The quantitative estimate of drug-likeness (QED) is 0.458. The fourth-order valence-corrected chi connectivity index (χ4v) is 2.69. The second kappa shape index (κ2) is 8.95. The zero-order chi connectivity index (χ0) is 19.1. The van der Waals surface area contributed by atoms with Gasteiger partial charge in [0.05, 0.1) is 19.0 Å². The van der Waals surface area contributed by atoms with Gasteiger partial charge >= 0.3 is 0 Å². The number of hydrogen-bond donors (Lipinski definition) is 2. The first-order valence-electron chi connectivity index (χ1n) is 8.11. The highest BCUT2D eigenvalue weighted by Gasteiger charge is 2.10. The molecule has 136 valence electrons. The number of nitrogens with zero attached hydrogens (tertiary/aromatic N) is 2. The second-order valence-electron chi connectivity index (χ2n) is 5.54. The molecule has 0 spiro atoms. The number of carbonyl (C=O) groups is 1. The summed E-state index contributed by atoms with van der Waals surface area (Å²) in [6.45, 7) is 0. The molecular formula is C20H17BrN4O2. The Morgan fingerprint density at radius 2 is 2.00 bits per heavy atom. The number of H-pyrrole nitrogens is 1. The molecule has 0 aliphatic heterocycles. The Hall–Kier alpha value is -3.19. The van der Waals surface area contributed by atoms with Crippen molar-refractivity contribution >= 4 is 34.1 Å². The summed E-state index contributed by atoms with van der Waals surface area (Å²) in [5.74, 6) is 0.342. The van der Waals surface area contributed by atoms with E-state index in [1.165, 1.54) is 6.21 Å². The number of methoxy groups -OCH3 is 1. The Labute approximate surface area is 165 Å². The average Bonchev–Trinajstić information content (AvgIpc) is 3.19. The predicted octanol–water partition coefficient (Wildman–Crippen LogP) is 4.24. The number of aromatic amines is 1. The molecule has 0 fully saturated rings. The second-order valence-corrected chi connectivity index (χ2v) is 6.45.